The molecule has 0 amide bonds. The first kappa shape index (κ1) is 23.9. The van der Waals surface area contributed by atoms with Crippen molar-refractivity contribution in [2.45, 2.75) is 60.8 Å². The SMILES string of the molecule is CCC(CC)(OC(=O)COc1cccc([S+](c2ccccc2)c2ccccc2)c1)C(C)C. The lowest BCUT2D eigenvalue weighted by atomic mass is 9.85. The van der Waals surface area contributed by atoms with Crippen LogP contribution in [0.2, 0.25) is 0 Å². The van der Waals surface area contributed by atoms with Gasteiger partial charge in [0.25, 0.3) is 0 Å². The largest absolute Gasteiger partial charge is 0.482 e. The highest BCUT2D eigenvalue weighted by Crippen LogP contribution is 2.33. The van der Waals surface area contributed by atoms with Crippen molar-refractivity contribution in [3.05, 3.63) is 84.9 Å². The van der Waals surface area contributed by atoms with Gasteiger partial charge in [0.2, 0.25) is 0 Å². The Morgan fingerprint density at radius 2 is 1.34 bits per heavy atom. The van der Waals surface area contributed by atoms with Crippen LogP contribution in [0.15, 0.2) is 99.6 Å². The maximum Gasteiger partial charge on any atom is 0.344 e. The van der Waals surface area contributed by atoms with Crippen molar-refractivity contribution in [2.24, 2.45) is 5.92 Å². The first-order valence-electron chi connectivity index (χ1n) is 11.3. The van der Waals surface area contributed by atoms with Crippen molar-refractivity contribution in [3.8, 4) is 5.75 Å². The molecule has 0 aliphatic heterocycles. The van der Waals surface area contributed by atoms with E-state index >= 15 is 0 Å². The van der Waals surface area contributed by atoms with E-state index in [1.807, 2.05) is 30.3 Å². The number of hydrogen-bond donors (Lipinski definition) is 0. The molecule has 168 valence electrons. The molecule has 0 N–H and O–H groups in total. The third kappa shape index (κ3) is 5.74. The maximum absolute atomic E-state index is 12.6. The van der Waals surface area contributed by atoms with E-state index in [4.69, 9.17) is 9.47 Å². The zero-order chi connectivity index (χ0) is 23.0. The lowest BCUT2D eigenvalue weighted by molar-refractivity contribution is -0.168. The molecule has 32 heavy (non-hydrogen) atoms. The van der Waals surface area contributed by atoms with Gasteiger partial charge in [0.05, 0.1) is 10.9 Å². The normalized spacial score (nSPS) is 11.6. The predicted octanol–water partition coefficient (Wildman–Crippen LogP) is 6.92. The van der Waals surface area contributed by atoms with Gasteiger partial charge >= 0.3 is 5.97 Å². The molecule has 3 aromatic carbocycles. The highest BCUT2D eigenvalue weighted by Gasteiger charge is 2.34. The fraction of sp³-hybridized carbons (Fsp3) is 0.321. The summed E-state index contributed by atoms with van der Waals surface area (Å²) in [6, 6.07) is 29.0. The Morgan fingerprint density at radius 3 is 1.84 bits per heavy atom. The van der Waals surface area contributed by atoms with Crippen LogP contribution in [-0.4, -0.2) is 18.2 Å². The van der Waals surface area contributed by atoms with Gasteiger partial charge in [0.1, 0.15) is 11.4 Å². The van der Waals surface area contributed by atoms with E-state index in [0.717, 1.165) is 17.7 Å². The summed E-state index contributed by atoms with van der Waals surface area (Å²) in [5, 5.41) is 0. The quantitative estimate of drug-likeness (QED) is 0.249. The van der Waals surface area contributed by atoms with E-state index in [1.165, 1.54) is 9.79 Å². The number of esters is 1. The minimum atomic E-state index is -0.435. The summed E-state index contributed by atoms with van der Waals surface area (Å²) < 4.78 is 11.7. The molecule has 3 aromatic rings. The molecule has 4 heteroatoms. The van der Waals surface area contributed by atoms with E-state index in [0.29, 0.717) is 5.75 Å². The van der Waals surface area contributed by atoms with Crippen LogP contribution >= 0.6 is 0 Å². The summed E-state index contributed by atoms with van der Waals surface area (Å²) >= 11 is 0. The van der Waals surface area contributed by atoms with Crippen molar-refractivity contribution < 1.29 is 14.3 Å². The van der Waals surface area contributed by atoms with Gasteiger partial charge in [-0.3, -0.25) is 0 Å². The predicted molar refractivity (Wildman–Crippen MR) is 131 cm³/mol. The van der Waals surface area contributed by atoms with Crippen LogP contribution in [0, 0.1) is 5.92 Å². The molecule has 0 atom stereocenters. The number of benzene rings is 3. The highest BCUT2D eigenvalue weighted by molar-refractivity contribution is 7.97. The van der Waals surface area contributed by atoms with Gasteiger partial charge in [-0.05, 0) is 55.2 Å². The van der Waals surface area contributed by atoms with Crippen LogP contribution in [-0.2, 0) is 20.4 Å². The van der Waals surface area contributed by atoms with E-state index in [9.17, 15) is 4.79 Å². The Hall–Kier alpha value is -2.72. The summed E-state index contributed by atoms with van der Waals surface area (Å²) in [4.78, 5) is 16.2. The molecule has 0 saturated heterocycles. The number of hydrogen-bond acceptors (Lipinski definition) is 3. The van der Waals surface area contributed by atoms with E-state index in [-0.39, 0.29) is 29.4 Å². The molecule has 0 radical (unpaired) electrons. The first-order chi connectivity index (χ1) is 15.5. The van der Waals surface area contributed by atoms with Crippen LogP contribution in [0.5, 0.6) is 5.75 Å². The van der Waals surface area contributed by atoms with Gasteiger partial charge in [-0.15, -0.1) is 0 Å². The molecule has 0 fully saturated rings. The monoisotopic (exact) mass is 449 g/mol. The molecular weight excluding hydrogens is 416 g/mol. The van der Waals surface area contributed by atoms with Gasteiger partial charge < -0.3 is 9.47 Å². The van der Waals surface area contributed by atoms with Crippen LogP contribution in [0.3, 0.4) is 0 Å². The van der Waals surface area contributed by atoms with Crippen LogP contribution < -0.4 is 4.74 Å². The second-order valence-electron chi connectivity index (χ2n) is 8.10. The standard InChI is InChI=1S/C28H33O3S/c1-5-28(6-2,22(3)4)31-27(29)21-30-23-14-13-19-26(20-23)32(24-15-9-7-10-16-24)25-17-11-8-12-18-25/h7-20,22H,5-6,21H2,1-4H3/q+1. The summed E-state index contributed by atoms with van der Waals surface area (Å²) in [5.74, 6) is 0.605. The fourth-order valence-corrected chi connectivity index (χ4v) is 6.06. The van der Waals surface area contributed by atoms with Crippen molar-refractivity contribution in [1.29, 1.82) is 0 Å². The van der Waals surface area contributed by atoms with Crippen LogP contribution in [0.1, 0.15) is 40.5 Å². The molecule has 0 aromatic heterocycles. The average Bonchev–Trinajstić information content (AvgIpc) is 2.83. The van der Waals surface area contributed by atoms with E-state index in [2.05, 4.69) is 82.3 Å². The zero-order valence-electron chi connectivity index (χ0n) is 19.4. The summed E-state index contributed by atoms with van der Waals surface area (Å²) in [6.07, 6.45) is 1.58. The molecule has 0 bridgehead atoms. The number of carbonyl (C=O) groups excluding carboxylic acids is 1. The minimum Gasteiger partial charge on any atom is -0.482 e. The highest BCUT2D eigenvalue weighted by atomic mass is 32.2. The maximum atomic E-state index is 12.6. The Bertz CT molecular complexity index is 942. The Morgan fingerprint density at radius 1 is 0.812 bits per heavy atom. The second kappa shape index (κ2) is 11.2. The third-order valence-corrected chi connectivity index (χ3v) is 8.13. The summed E-state index contributed by atoms with van der Waals surface area (Å²) in [7, 11) is -0.260. The molecule has 3 nitrogen and oxygen atoms in total. The van der Waals surface area contributed by atoms with Crippen molar-refractivity contribution >= 4 is 16.9 Å². The lowest BCUT2D eigenvalue weighted by Gasteiger charge is -2.35. The third-order valence-electron chi connectivity index (χ3n) is 5.92. The summed E-state index contributed by atoms with van der Waals surface area (Å²) in [5.41, 5.74) is -0.435. The van der Waals surface area contributed by atoms with Crippen molar-refractivity contribution in [3.63, 3.8) is 0 Å². The van der Waals surface area contributed by atoms with Crippen molar-refractivity contribution in [2.75, 3.05) is 6.61 Å². The zero-order valence-corrected chi connectivity index (χ0v) is 20.2. The van der Waals surface area contributed by atoms with Gasteiger partial charge in [-0.25, -0.2) is 4.79 Å². The molecule has 0 unspecified atom stereocenters. The minimum absolute atomic E-state index is 0.0949. The number of rotatable bonds is 10. The first-order valence-corrected chi connectivity index (χ1v) is 12.5. The van der Waals surface area contributed by atoms with Gasteiger partial charge in [-0.2, -0.15) is 0 Å². The Kier molecular flexibility index (Phi) is 8.40. The number of carbonyl (C=O) groups is 1. The topological polar surface area (TPSA) is 35.5 Å². The van der Waals surface area contributed by atoms with Crippen LogP contribution in [0.4, 0.5) is 0 Å². The van der Waals surface area contributed by atoms with E-state index in [1.54, 1.807) is 0 Å². The molecule has 0 aliphatic carbocycles. The fourth-order valence-electron chi connectivity index (χ4n) is 3.94. The molecule has 0 spiro atoms. The van der Waals surface area contributed by atoms with Gasteiger partial charge in [0.15, 0.2) is 21.3 Å². The molecule has 0 heterocycles. The molecule has 0 saturated carbocycles. The smallest absolute Gasteiger partial charge is 0.344 e. The molecular formula is C28H33O3S+. The van der Waals surface area contributed by atoms with Crippen LogP contribution in [0.25, 0.3) is 0 Å². The average molecular weight is 450 g/mol. The number of ether oxygens (including phenoxy) is 2. The van der Waals surface area contributed by atoms with Gasteiger partial charge in [-0.1, -0.05) is 70.2 Å². The molecule has 0 aliphatic rings. The van der Waals surface area contributed by atoms with Crippen molar-refractivity contribution in [1.82, 2.24) is 0 Å². The Labute approximate surface area is 195 Å². The lowest BCUT2D eigenvalue weighted by Crippen LogP contribution is -2.40. The Balaban J connectivity index is 1.79. The second-order valence-corrected chi connectivity index (χ2v) is 10.1. The molecule has 3 rings (SSSR count). The summed E-state index contributed by atoms with van der Waals surface area (Å²) in [6.45, 7) is 8.23. The van der Waals surface area contributed by atoms with Gasteiger partial charge in [0, 0.05) is 6.07 Å². The van der Waals surface area contributed by atoms with E-state index < -0.39 is 5.60 Å².